The third-order valence-electron chi connectivity index (χ3n) is 3.74. The standard InChI is InChI=1S/C13H24N2O/c1-10(2)4-3-5-13(16)15-8-11-6-7-12(9-15)14-11/h10-12,14H,3-9H2,1-2H3/t11-,12+. The van der Waals surface area contributed by atoms with Gasteiger partial charge in [-0.05, 0) is 25.2 Å². The molecule has 2 atom stereocenters. The minimum atomic E-state index is 0.374. The molecule has 1 N–H and O–H groups in total. The summed E-state index contributed by atoms with van der Waals surface area (Å²) in [6, 6.07) is 1.15. The van der Waals surface area contributed by atoms with Crippen LogP contribution in [0, 0.1) is 5.92 Å². The third-order valence-corrected chi connectivity index (χ3v) is 3.74. The van der Waals surface area contributed by atoms with Gasteiger partial charge in [0.25, 0.3) is 0 Å². The Hall–Kier alpha value is -0.570. The fourth-order valence-electron chi connectivity index (χ4n) is 2.82. The zero-order valence-electron chi connectivity index (χ0n) is 10.5. The summed E-state index contributed by atoms with van der Waals surface area (Å²) in [5, 5.41) is 3.56. The van der Waals surface area contributed by atoms with Gasteiger partial charge in [0, 0.05) is 31.6 Å². The molecule has 0 aliphatic carbocycles. The van der Waals surface area contributed by atoms with Crippen LogP contribution >= 0.6 is 0 Å². The molecular weight excluding hydrogens is 200 g/mol. The first-order chi connectivity index (χ1) is 7.65. The zero-order chi connectivity index (χ0) is 11.5. The van der Waals surface area contributed by atoms with E-state index >= 15 is 0 Å². The maximum atomic E-state index is 12.0. The second kappa shape index (κ2) is 5.17. The van der Waals surface area contributed by atoms with Gasteiger partial charge in [0.2, 0.25) is 5.91 Å². The number of carbonyl (C=O) groups is 1. The van der Waals surface area contributed by atoms with Gasteiger partial charge in [-0.2, -0.15) is 0 Å². The van der Waals surface area contributed by atoms with Crippen LogP contribution in [0.5, 0.6) is 0 Å². The van der Waals surface area contributed by atoms with Crippen molar-refractivity contribution in [3.8, 4) is 0 Å². The molecule has 0 unspecified atom stereocenters. The molecule has 0 saturated carbocycles. The van der Waals surface area contributed by atoms with Crippen LogP contribution < -0.4 is 5.32 Å². The van der Waals surface area contributed by atoms with Crippen molar-refractivity contribution in [3.63, 3.8) is 0 Å². The monoisotopic (exact) mass is 224 g/mol. The molecule has 3 heteroatoms. The van der Waals surface area contributed by atoms with Crippen LogP contribution in [0.2, 0.25) is 0 Å². The Morgan fingerprint density at radius 3 is 2.50 bits per heavy atom. The number of carbonyl (C=O) groups excluding carboxylic acids is 1. The van der Waals surface area contributed by atoms with Crippen molar-refractivity contribution in [2.45, 2.75) is 58.0 Å². The first kappa shape index (κ1) is 11.9. The molecule has 0 spiro atoms. The highest BCUT2D eigenvalue weighted by atomic mass is 16.2. The molecule has 0 aromatic carbocycles. The van der Waals surface area contributed by atoms with Crippen molar-refractivity contribution in [2.75, 3.05) is 13.1 Å². The van der Waals surface area contributed by atoms with Crippen LogP contribution in [0.1, 0.15) is 46.0 Å². The lowest BCUT2D eigenvalue weighted by atomic mass is 10.1. The van der Waals surface area contributed by atoms with Gasteiger partial charge < -0.3 is 10.2 Å². The molecule has 16 heavy (non-hydrogen) atoms. The van der Waals surface area contributed by atoms with Crippen molar-refractivity contribution in [1.82, 2.24) is 10.2 Å². The second-order valence-corrected chi connectivity index (χ2v) is 5.72. The van der Waals surface area contributed by atoms with Crippen LogP contribution in [0.25, 0.3) is 0 Å². The summed E-state index contributed by atoms with van der Waals surface area (Å²) in [7, 11) is 0. The summed E-state index contributed by atoms with van der Waals surface area (Å²) in [5.41, 5.74) is 0. The topological polar surface area (TPSA) is 32.3 Å². The van der Waals surface area contributed by atoms with E-state index in [0.29, 0.717) is 23.9 Å². The predicted octanol–water partition coefficient (Wildman–Crippen LogP) is 1.78. The molecule has 0 aromatic heterocycles. The first-order valence-corrected chi connectivity index (χ1v) is 6.69. The van der Waals surface area contributed by atoms with E-state index < -0.39 is 0 Å². The molecular formula is C13H24N2O. The average molecular weight is 224 g/mol. The molecule has 2 aliphatic heterocycles. The first-order valence-electron chi connectivity index (χ1n) is 6.69. The van der Waals surface area contributed by atoms with E-state index in [0.717, 1.165) is 25.9 Å². The molecule has 2 rings (SSSR count). The number of likely N-dealkylation sites (tertiary alicyclic amines) is 1. The summed E-state index contributed by atoms with van der Waals surface area (Å²) in [6.07, 6.45) is 5.47. The van der Waals surface area contributed by atoms with Gasteiger partial charge in [0.1, 0.15) is 0 Å². The Kier molecular flexibility index (Phi) is 3.85. The van der Waals surface area contributed by atoms with E-state index in [1.54, 1.807) is 0 Å². The summed E-state index contributed by atoms with van der Waals surface area (Å²) < 4.78 is 0. The second-order valence-electron chi connectivity index (χ2n) is 5.72. The Labute approximate surface area is 98.6 Å². The Bertz CT molecular complexity index is 240. The summed E-state index contributed by atoms with van der Waals surface area (Å²) in [4.78, 5) is 14.1. The number of hydrogen-bond donors (Lipinski definition) is 1. The fraction of sp³-hybridized carbons (Fsp3) is 0.923. The zero-order valence-corrected chi connectivity index (χ0v) is 10.5. The van der Waals surface area contributed by atoms with E-state index in [-0.39, 0.29) is 0 Å². The Balaban J connectivity index is 1.73. The van der Waals surface area contributed by atoms with Crippen LogP contribution in [0.4, 0.5) is 0 Å². The lowest BCUT2D eigenvalue weighted by Crippen LogP contribution is -2.53. The minimum Gasteiger partial charge on any atom is -0.340 e. The van der Waals surface area contributed by atoms with Crippen LogP contribution in [0.15, 0.2) is 0 Å². The summed E-state index contributed by atoms with van der Waals surface area (Å²) in [6.45, 7) is 6.32. The number of hydrogen-bond acceptors (Lipinski definition) is 2. The largest absolute Gasteiger partial charge is 0.340 e. The van der Waals surface area contributed by atoms with Gasteiger partial charge in [-0.25, -0.2) is 0 Å². The van der Waals surface area contributed by atoms with E-state index in [1.807, 2.05) is 0 Å². The van der Waals surface area contributed by atoms with Crippen molar-refractivity contribution in [3.05, 3.63) is 0 Å². The van der Waals surface area contributed by atoms with Gasteiger partial charge in [0.15, 0.2) is 0 Å². The Morgan fingerprint density at radius 2 is 1.94 bits per heavy atom. The van der Waals surface area contributed by atoms with Crippen molar-refractivity contribution >= 4 is 5.91 Å². The Morgan fingerprint density at radius 1 is 1.31 bits per heavy atom. The van der Waals surface area contributed by atoms with E-state index in [2.05, 4.69) is 24.1 Å². The van der Waals surface area contributed by atoms with Crippen LogP contribution in [0.3, 0.4) is 0 Å². The van der Waals surface area contributed by atoms with Crippen molar-refractivity contribution in [2.24, 2.45) is 5.92 Å². The van der Waals surface area contributed by atoms with Gasteiger partial charge >= 0.3 is 0 Å². The van der Waals surface area contributed by atoms with Crippen LogP contribution in [-0.2, 0) is 4.79 Å². The van der Waals surface area contributed by atoms with Gasteiger partial charge in [0.05, 0.1) is 0 Å². The molecule has 1 amide bonds. The maximum absolute atomic E-state index is 12.0. The van der Waals surface area contributed by atoms with Crippen LogP contribution in [-0.4, -0.2) is 36.0 Å². The molecule has 92 valence electrons. The molecule has 2 fully saturated rings. The molecule has 2 aliphatic rings. The van der Waals surface area contributed by atoms with E-state index in [4.69, 9.17) is 0 Å². The molecule has 0 aromatic rings. The van der Waals surface area contributed by atoms with Crippen molar-refractivity contribution < 1.29 is 4.79 Å². The highest BCUT2D eigenvalue weighted by molar-refractivity contribution is 5.76. The summed E-state index contributed by atoms with van der Waals surface area (Å²) in [5.74, 6) is 1.09. The summed E-state index contributed by atoms with van der Waals surface area (Å²) >= 11 is 0. The molecule has 2 bridgehead atoms. The predicted molar refractivity (Wildman–Crippen MR) is 65.2 cm³/mol. The van der Waals surface area contributed by atoms with Gasteiger partial charge in [-0.1, -0.05) is 20.3 Å². The van der Waals surface area contributed by atoms with Crippen molar-refractivity contribution in [1.29, 1.82) is 0 Å². The SMILES string of the molecule is CC(C)CCCC(=O)N1C[C@H]2CC[C@@H](C1)N2. The van der Waals surface area contributed by atoms with Gasteiger partial charge in [-0.3, -0.25) is 4.79 Å². The maximum Gasteiger partial charge on any atom is 0.222 e. The molecule has 3 nitrogen and oxygen atoms in total. The van der Waals surface area contributed by atoms with E-state index in [9.17, 15) is 4.79 Å². The van der Waals surface area contributed by atoms with Gasteiger partial charge in [-0.15, -0.1) is 0 Å². The lowest BCUT2D eigenvalue weighted by Gasteiger charge is -2.33. The number of amides is 1. The quantitative estimate of drug-likeness (QED) is 0.789. The smallest absolute Gasteiger partial charge is 0.222 e. The molecule has 2 saturated heterocycles. The van der Waals surface area contributed by atoms with E-state index in [1.165, 1.54) is 19.3 Å². The number of piperazine rings is 1. The lowest BCUT2D eigenvalue weighted by molar-refractivity contribution is -0.132. The fourth-order valence-corrected chi connectivity index (χ4v) is 2.82. The average Bonchev–Trinajstić information content (AvgIpc) is 2.57. The number of fused-ring (bicyclic) bond motifs is 2. The number of nitrogens with one attached hydrogen (secondary N) is 1. The molecule has 2 heterocycles. The third kappa shape index (κ3) is 2.97. The normalized spacial score (nSPS) is 28.8. The minimum absolute atomic E-state index is 0.374. The molecule has 0 radical (unpaired) electrons. The number of nitrogens with zero attached hydrogens (tertiary/aromatic N) is 1. The highest BCUT2D eigenvalue weighted by Gasteiger charge is 2.33. The highest BCUT2D eigenvalue weighted by Crippen LogP contribution is 2.21. The number of rotatable bonds is 4.